The van der Waals surface area contributed by atoms with Gasteiger partial charge in [0.25, 0.3) is 5.78 Å². The standard InChI is InChI=1S/C10H8ClF3N2O/c1-6(9(17)10(12,13)14)15-16-8-4-2-7(11)3-5-8/h2-5,16H,1H3/b15-6+. The third-order valence-corrected chi connectivity index (χ3v) is 2.03. The van der Waals surface area contributed by atoms with E-state index >= 15 is 0 Å². The summed E-state index contributed by atoms with van der Waals surface area (Å²) in [6, 6.07) is 6.13. The van der Waals surface area contributed by atoms with E-state index in [-0.39, 0.29) is 0 Å². The van der Waals surface area contributed by atoms with E-state index in [4.69, 9.17) is 11.6 Å². The van der Waals surface area contributed by atoms with Crippen molar-refractivity contribution in [3.63, 3.8) is 0 Å². The molecule has 0 aliphatic carbocycles. The number of halogens is 4. The van der Waals surface area contributed by atoms with Gasteiger partial charge in [-0.15, -0.1) is 0 Å². The smallest absolute Gasteiger partial charge is 0.283 e. The molecule has 0 saturated heterocycles. The van der Waals surface area contributed by atoms with Gasteiger partial charge in [0, 0.05) is 5.02 Å². The van der Waals surface area contributed by atoms with Gasteiger partial charge in [0.2, 0.25) is 0 Å². The Hall–Kier alpha value is -1.56. The quantitative estimate of drug-likeness (QED) is 0.672. The van der Waals surface area contributed by atoms with Crippen molar-refractivity contribution in [2.75, 3.05) is 5.43 Å². The lowest BCUT2D eigenvalue weighted by Crippen LogP contribution is -2.29. The molecule has 0 amide bonds. The summed E-state index contributed by atoms with van der Waals surface area (Å²) in [7, 11) is 0. The lowest BCUT2D eigenvalue weighted by molar-refractivity contribution is -0.163. The number of carbonyl (C=O) groups is 1. The molecule has 0 unspecified atom stereocenters. The monoisotopic (exact) mass is 264 g/mol. The lowest BCUT2D eigenvalue weighted by Gasteiger charge is -2.05. The summed E-state index contributed by atoms with van der Waals surface area (Å²) in [6.07, 6.45) is -4.91. The first-order chi connectivity index (χ1) is 7.80. The summed E-state index contributed by atoms with van der Waals surface area (Å²) in [5.41, 5.74) is 2.11. The molecule has 1 rings (SSSR count). The number of rotatable bonds is 3. The molecule has 0 aliphatic rings. The van der Waals surface area contributed by atoms with E-state index in [0.717, 1.165) is 6.92 Å². The molecule has 17 heavy (non-hydrogen) atoms. The van der Waals surface area contributed by atoms with Gasteiger partial charge in [-0.25, -0.2) is 0 Å². The van der Waals surface area contributed by atoms with Crippen LogP contribution in [0, 0.1) is 0 Å². The van der Waals surface area contributed by atoms with Gasteiger partial charge in [-0.05, 0) is 31.2 Å². The Bertz CT molecular complexity index is 440. The van der Waals surface area contributed by atoms with E-state index in [1.54, 1.807) is 12.1 Å². The Morgan fingerprint density at radius 1 is 1.29 bits per heavy atom. The number of ketones is 1. The second-order valence-electron chi connectivity index (χ2n) is 3.14. The zero-order chi connectivity index (χ0) is 13.1. The summed E-state index contributed by atoms with van der Waals surface area (Å²) in [5, 5.41) is 3.83. The van der Waals surface area contributed by atoms with Gasteiger partial charge >= 0.3 is 6.18 Å². The van der Waals surface area contributed by atoms with E-state index < -0.39 is 17.7 Å². The molecule has 0 heterocycles. The average molecular weight is 265 g/mol. The first-order valence-electron chi connectivity index (χ1n) is 4.48. The molecule has 0 fully saturated rings. The number of carbonyl (C=O) groups excluding carboxylic acids is 1. The second kappa shape index (κ2) is 5.18. The molecule has 1 N–H and O–H groups in total. The number of Topliss-reactive ketones (excluding diaryl/α,β-unsaturated/α-hetero) is 1. The maximum Gasteiger partial charge on any atom is 0.456 e. The number of hydrazone groups is 1. The molecule has 0 radical (unpaired) electrons. The van der Waals surface area contributed by atoms with Crippen LogP contribution in [0.25, 0.3) is 0 Å². The molecule has 7 heteroatoms. The van der Waals surface area contributed by atoms with Crippen molar-refractivity contribution in [1.29, 1.82) is 0 Å². The Morgan fingerprint density at radius 3 is 2.29 bits per heavy atom. The molecular formula is C10H8ClF3N2O. The van der Waals surface area contributed by atoms with Crippen molar-refractivity contribution in [2.45, 2.75) is 13.1 Å². The predicted octanol–water partition coefficient (Wildman–Crippen LogP) is 3.26. The first-order valence-corrected chi connectivity index (χ1v) is 4.86. The zero-order valence-corrected chi connectivity index (χ0v) is 9.43. The predicted molar refractivity (Wildman–Crippen MR) is 59.2 cm³/mol. The van der Waals surface area contributed by atoms with Gasteiger partial charge in [0.15, 0.2) is 0 Å². The molecule has 92 valence electrons. The number of anilines is 1. The Kier molecular flexibility index (Phi) is 4.11. The molecule has 0 spiro atoms. The van der Waals surface area contributed by atoms with Crippen LogP contribution in [-0.4, -0.2) is 17.7 Å². The number of alkyl halides is 3. The highest BCUT2D eigenvalue weighted by Gasteiger charge is 2.40. The van der Waals surface area contributed by atoms with E-state index in [2.05, 4.69) is 10.5 Å². The minimum Gasteiger partial charge on any atom is -0.283 e. The van der Waals surface area contributed by atoms with Crippen molar-refractivity contribution in [3.05, 3.63) is 29.3 Å². The maximum absolute atomic E-state index is 12.0. The lowest BCUT2D eigenvalue weighted by atomic mass is 10.3. The highest BCUT2D eigenvalue weighted by molar-refractivity contribution is 6.41. The van der Waals surface area contributed by atoms with Crippen molar-refractivity contribution < 1.29 is 18.0 Å². The summed E-state index contributed by atoms with van der Waals surface area (Å²) in [6.45, 7) is 0.985. The summed E-state index contributed by atoms with van der Waals surface area (Å²) in [4.78, 5) is 10.7. The number of nitrogens with zero attached hydrogens (tertiary/aromatic N) is 1. The largest absolute Gasteiger partial charge is 0.456 e. The Labute approximate surface area is 100 Å². The van der Waals surface area contributed by atoms with Crippen LogP contribution in [0.3, 0.4) is 0 Å². The minimum absolute atomic E-state index is 0.434. The Morgan fingerprint density at radius 2 is 1.82 bits per heavy atom. The van der Waals surface area contributed by atoms with E-state index in [1.807, 2.05) is 0 Å². The average Bonchev–Trinajstić information content (AvgIpc) is 2.25. The maximum atomic E-state index is 12.0. The van der Waals surface area contributed by atoms with Gasteiger partial charge < -0.3 is 0 Å². The van der Waals surface area contributed by atoms with Crippen LogP contribution in [0.1, 0.15) is 6.92 Å². The first kappa shape index (κ1) is 13.5. The third-order valence-electron chi connectivity index (χ3n) is 1.78. The molecule has 0 saturated carbocycles. The topological polar surface area (TPSA) is 41.5 Å². The van der Waals surface area contributed by atoms with Crippen molar-refractivity contribution >= 4 is 28.8 Å². The van der Waals surface area contributed by atoms with Gasteiger partial charge in [0.1, 0.15) is 5.71 Å². The van der Waals surface area contributed by atoms with Crippen LogP contribution in [0.2, 0.25) is 5.02 Å². The van der Waals surface area contributed by atoms with Crippen molar-refractivity contribution in [2.24, 2.45) is 5.10 Å². The fourth-order valence-electron chi connectivity index (χ4n) is 0.929. The summed E-state index contributed by atoms with van der Waals surface area (Å²) < 4.78 is 36.0. The SMILES string of the molecule is C/C(=N\Nc1ccc(Cl)cc1)C(=O)C(F)(F)F. The zero-order valence-electron chi connectivity index (χ0n) is 8.68. The van der Waals surface area contributed by atoms with Gasteiger partial charge in [-0.2, -0.15) is 18.3 Å². The second-order valence-corrected chi connectivity index (χ2v) is 3.58. The van der Waals surface area contributed by atoms with Crippen LogP contribution in [0.15, 0.2) is 29.4 Å². The highest BCUT2D eigenvalue weighted by Crippen LogP contribution is 2.17. The molecule has 1 aromatic carbocycles. The molecule has 0 aromatic heterocycles. The summed E-state index contributed by atoms with van der Waals surface area (Å²) in [5.74, 6) is -1.97. The highest BCUT2D eigenvalue weighted by atomic mass is 35.5. The summed E-state index contributed by atoms with van der Waals surface area (Å²) >= 11 is 5.62. The van der Waals surface area contributed by atoms with Crippen molar-refractivity contribution in [1.82, 2.24) is 0 Å². The van der Waals surface area contributed by atoms with Crippen LogP contribution in [0.5, 0.6) is 0 Å². The molecular weight excluding hydrogens is 257 g/mol. The van der Waals surface area contributed by atoms with Crippen LogP contribution >= 0.6 is 11.6 Å². The van der Waals surface area contributed by atoms with Crippen molar-refractivity contribution in [3.8, 4) is 0 Å². The number of hydrogen-bond donors (Lipinski definition) is 1. The van der Waals surface area contributed by atoms with Gasteiger partial charge in [-0.1, -0.05) is 11.6 Å². The normalized spacial score (nSPS) is 12.4. The van der Waals surface area contributed by atoms with Gasteiger partial charge in [0.05, 0.1) is 5.69 Å². The van der Waals surface area contributed by atoms with E-state index in [1.165, 1.54) is 12.1 Å². The van der Waals surface area contributed by atoms with Gasteiger partial charge in [-0.3, -0.25) is 10.2 Å². The van der Waals surface area contributed by atoms with E-state index in [9.17, 15) is 18.0 Å². The van der Waals surface area contributed by atoms with E-state index in [0.29, 0.717) is 10.7 Å². The molecule has 0 atom stereocenters. The molecule has 0 bridgehead atoms. The van der Waals surface area contributed by atoms with Crippen LogP contribution in [0.4, 0.5) is 18.9 Å². The number of nitrogens with one attached hydrogen (secondary N) is 1. The fraction of sp³-hybridized carbons (Fsp3) is 0.200. The number of hydrogen-bond acceptors (Lipinski definition) is 3. The van der Waals surface area contributed by atoms with Crippen LogP contribution < -0.4 is 5.43 Å². The Balaban J connectivity index is 2.71. The molecule has 3 nitrogen and oxygen atoms in total. The minimum atomic E-state index is -4.91. The molecule has 0 aliphatic heterocycles. The third kappa shape index (κ3) is 4.07. The number of benzene rings is 1. The fourth-order valence-corrected chi connectivity index (χ4v) is 1.05. The van der Waals surface area contributed by atoms with Crippen LogP contribution in [-0.2, 0) is 4.79 Å². The molecule has 1 aromatic rings.